The number of ether oxygens (including phenoxy) is 1. The van der Waals surface area contributed by atoms with Crippen molar-refractivity contribution in [1.29, 1.82) is 5.41 Å². The number of likely N-dealkylation sites (tertiary alicyclic amines) is 1. The van der Waals surface area contributed by atoms with Gasteiger partial charge in [0.1, 0.15) is 23.2 Å². The van der Waals surface area contributed by atoms with Crippen LogP contribution in [0.4, 0.5) is 5.13 Å². The Morgan fingerprint density at radius 1 is 1.08 bits per heavy atom. The molecule has 4 heterocycles. The second-order valence-corrected chi connectivity index (χ2v) is 20.0. The lowest BCUT2D eigenvalue weighted by Gasteiger charge is -2.64. The van der Waals surface area contributed by atoms with Crippen LogP contribution < -0.4 is 16.4 Å². The number of piperidine rings is 1. The summed E-state index contributed by atoms with van der Waals surface area (Å²) in [4.78, 5) is 11.1. The van der Waals surface area contributed by atoms with Crippen molar-refractivity contribution < 1.29 is 20.1 Å². The van der Waals surface area contributed by atoms with Crippen LogP contribution in [0.1, 0.15) is 96.2 Å². The van der Waals surface area contributed by atoms with Crippen LogP contribution in [0.5, 0.6) is 0 Å². The molecule has 59 heavy (non-hydrogen) atoms. The molecule has 1 spiro atoms. The highest BCUT2D eigenvalue weighted by molar-refractivity contribution is 7.22. The van der Waals surface area contributed by atoms with Crippen molar-refractivity contribution in [3.63, 3.8) is 0 Å². The Hall–Kier alpha value is -4.50. The molecule has 314 valence electrons. The minimum atomic E-state index is -0.817. The Bertz CT molecular complexity index is 2320. The molecule has 13 nitrogen and oxygen atoms in total. The van der Waals surface area contributed by atoms with Gasteiger partial charge in [0, 0.05) is 54.1 Å². The number of aliphatic hydroxyl groups excluding tert-OH is 2. The summed E-state index contributed by atoms with van der Waals surface area (Å²) in [7, 11) is 0. The number of allylic oxidation sites excluding steroid dienone is 3. The van der Waals surface area contributed by atoms with Gasteiger partial charge < -0.3 is 41.3 Å². The number of aliphatic imine (C=N–C) groups is 1. The second kappa shape index (κ2) is 14.6. The molecule has 3 bridgehead atoms. The summed E-state index contributed by atoms with van der Waals surface area (Å²) in [6.45, 7) is 13.1. The lowest BCUT2D eigenvalue weighted by molar-refractivity contribution is -0.252. The van der Waals surface area contributed by atoms with E-state index in [0.717, 1.165) is 104 Å². The number of nitrogens with zero attached hydrogens (tertiary/aromatic N) is 5. The fourth-order valence-corrected chi connectivity index (χ4v) is 13.8. The number of nitrogens with two attached hydrogens (primary N) is 1. The summed E-state index contributed by atoms with van der Waals surface area (Å²) < 4.78 is 10.1. The standard InChI is InChI=1S/C45H59N9O4S/c1-28(37(46)52-40-50-33-11-5-6-12-34(33)59-40)30-10-9-17-53(38(30)47)35-14-13-31(36(51-35)39(56)57)32-20-49-54(29(32)2)27-43-21-41(3)22-44(26-43)42(4,24-43)25-45(44,23-41)58-19-16-48-15-7-8-18-55/h5-6,11-14,20,47-48,51,55-57H,7-10,15-19,21-27H2,1-4H3,(H2,46,50,52)/b30-28-,47-38?/t41-,42-,43?,44?,45?/m1/s1. The molecule has 8 N–H and O–H groups in total. The zero-order valence-corrected chi connectivity index (χ0v) is 35.6. The molecule has 6 aliphatic rings. The number of thiazole rings is 1. The average Bonchev–Trinajstić information content (AvgIpc) is 3.85. The number of hydrogen-bond donors (Lipinski definition) is 7. The lowest BCUT2D eigenvalue weighted by Crippen LogP contribution is -2.65. The molecule has 0 amide bonds. The van der Waals surface area contributed by atoms with E-state index in [1.807, 2.05) is 54.4 Å². The molecule has 2 aliphatic heterocycles. The van der Waals surface area contributed by atoms with Crippen molar-refractivity contribution in [1.82, 2.24) is 30.3 Å². The summed E-state index contributed by atoms with van der Waals surface area (Å²) in [6, 6.07) is 7.88. The van der Waals surface area contributed by atoms with Gasteiger partial charge in [0.05, 0.1) is 28.6 Å². The average molecular weight is 822 g/mol. The third kappa shape index (κ3) is 6.52. The topological polar surface area (TPSA) is 190 Å². The van der Waals surface area contributed by atoms with E-state index in [2.05, 4.69) is 46.1 Å². The quantitative estimate of drug-likeness (QED) is 0.0371. The van der Waals surface area contributed by atoms with Gasteiger partial charge in [-0.25, -0.2) is 9.98 Å². The fourth-order valence-electron chi connectivity index (χ4n) is 13.0. The fraction of sp³-hybridized carbons (Fsp3) is 0.556. The van der Waals surface area contributed by atoms with Gasteiger partial charge in [-0.3, -0.25) is 10.1 Å². The number of amidine groups is 2. The van der Waals surface area contributed by atoms with Crippen molar-refractivity contribution >= 4 is 43.9 Å². The van der Waals surface area contributed by atoms with Crippen molar-refractivity contribution in [2.75, 3.05) is 32.8 Å². The first-order valence-corrected chi connectivity index (χ1v) is 22.1. The van der Waals surface area contributed by atoms with E-state index < -0.39 is 5.95 Å². The normalized spacial score (nSPS) is 31.9. The molecule has 1 saturated heterocycles. The van der Waals surface area contributed by atoms with Crippen LogP contribution in [-0.4, -0.2) is 85.1 Å². The zero-order chi connectivity index (χ0) is 41.4. The first-order valence-electron chi connectivity index (χ1n) is 21.3. The summed E-state index contributed by atoms with van der Waals surface area (Å²) in [5.74, 6) is 0.382. The maximum atomic E-state index is 10.7. The molecule has 1 aromatic carbocycles. The molecule has 3 unspecified atom stereocenters. The highest BCUT2D eigenvalue weighted by atomic mass is 32.1. The second-order valence-electron chi connectivity index (χ2n) is 19.0. The molecule has 3 aromatic rings. The van der Waals surface area contributed by atoms with Gasteiger partial charge in [-0.1, -0.05) is 37.3 Å². The predicted molar refractivity (Wildman–Crippen MR) is 232 cm³/mol. The van der Waals surface area contributed by atoms with E-state index in [1.54, 1.807) is 0 Å². The summed E-state index contributed by atoms with van der Waals surface area (Å²) in [6.07, 6.45) is 15.9. The van der Waals surface area contributed by atoms with Crippen LogP contribution in [0.2, 0.25) is 0 Å². The number of para-hydroxylation sites is 1. The minimum Gasteiger partial charge on any atom is -0.480 e. The third-order valence-corrected chi connectivity index (χ3v) is 15.8. The third-order valence-electron chi connectivity index (χ3n) is 14.8. The number of aromatic nitrogens is 3. The minimum absolute atomic E-state index is 0.0515. The highest BCUT2D eigenvalue weighted by Gasteiger charge is 2.85. The smallest absolute Gasteiger partial charge is 0.299 e. The molecule has 14 heteroatoms. The maximum Gasteiger partial charge on any atom is 0.299 e. The summed E-state index contributed by atoms with van der Waals surface area (Å²) in [5, 5.41) is 52.0. The van der Waals surface area contributed by atoms with E-state index in [4.69, 9.17) is 20.7 Å². The number of hydrogen-bond acceptors (Lipinski definition) is 11. The number of fused-ring (bicyclic) bond motifs is 3. The molecule has 5 atom stereocenters. The van der Waals surface area contributed by atoms with Crippen LogP contribution in [0.25, 0.3) is 15.8 Å². The van der Waals surface area contributed by atoms with E-state index in [-0.39, 0.29) is 39.6 Å². The number of dihydropyridines is 1. The maximum absolute atomic E-state index is 10.7. The summed E-state index contributed by atoms with van der Waals surface area (Å²) >= 11 is 1.48. The first-order chi connectivity index (χ1) is 28.2. The number of nitrogens with one attached hydrogen (secondary N) is 3. The molecule has 4 aliphatic carbocycles. The van der Waals surface area contributed by atoms with Crippen molar-refractivity contribution in [3.05, 3.63) is 82.5 Å². The van der Waals surface area contributed by atoms with E-state index >= 15 is 0 Å². The van der Waals surface area contributed by atoms with Gasteiger partial charge in [-0.2, -0.15) is 5.10 Å². The lowest BCUT2D eigenvalue weighted by atomic mass is 9.44. The zero-order valence-electron chi connectivity index (χ0n) is 34.8. The van der Waals surface area contributed by atoms with Gasteiger partial charge >= 0.3 is 0 Å². The Balaban J connectivity index is 0.925. The Kier molecular flexibility index (Phi) is 9.88. The van der Waals surface area contributed by atoms with Crippen LogP contribution in [-0.2, 0) is 11.3 Å². The van der Waals surface area contributed by atoms with Gasteiger partial charge in [-0.15, -0.1) is 0 Å². The molecule has 4 saturated carbocycles. The molecule has 5 fully saturated rings. The number of unbranched alkanes of at least 4 members (excludes halogenated alkanes) is 1. The number of rotatable bonds is 14. The van der Waals surface area contributed by atoms with Crippen molar-refractivity contribution in [2.24, 2.45) is 32.4 Å². The largest absolute Gasteiger partial charge is 0.480 e. The van der Waals surface area contributed by atoms with Crippen molar-refractivity contribution in [3.8, 4) is 0 Å². The van der Waals surface area contributed by atoms with Crippen molar-refractivity contribution in [2.45, 2.75) is 104 Å². The van der Waals surface area contributed by atoms with Gasteiger partial charge in [0.2, 0.25) is 5.13 Å². The number of benzene rings is 1. The highest BCUT2D eigenvalue weighted by Crippen LogP contribution is 2.88. The van der Waals surface area contributed by atoms with Crippen LogP contribution in [0.3, 0.4) is 0 Å². The monoisotopic (exact) mass is 821 g/mol. The Labute approximate surface area is 350 Å². The Morgan fingerprint density at radius 3 is 2.71 bits per heavy atom. The van der Waals surface area contributed by atoms with Crippen LogP contribution in [0.15, 0.2) is 76.2 Å². The van der Waals surface area contributed by atoms with E-state index in [9.17, 15) is 15.6 Å². The molecular weight excluding hydrogens is 763 g/mol. The van der Waals surface area contributed by atoms with Gasteiger partial charge in [0.15, 0.2) is 0 Å². The molecule has 0 radical (unpaired) electrons. The molecular formula is C45H59N9O4S. The summed E-state index contributed by atoms with van der Waals surface area (Å²) in [5.41, 5.74) is 12.3. The first kappa shape index (κ1) is 39.9. The molecule has 2 aromatic heterocycles. The van der Waals surface area contributed by atoms with Gasteiger partial charge in [-0.05, 0) is 131 Å². The van der Waals surface area contributed by atoms with E-state index in [1.165, 1.54) is 24.2 Å². The molecule has 9 rings (SSSR count). The van der Waals surface area contributed by atoms with Crippen LogP contribution in [0, 0.1) is 34.0 Å². The van der Waals surface area contributed by atoms with Gasteiger partial charge in [0.25, 0.3) is 5.95 Å². The number of aliphatic hydroxyl groups is 3. The Morgan fingerprint density at radius 2 is 1.92 bits per heavy atom. The van der Waals surface area contributed by atoms with Crippen LogP contribution >= 0.6 is 11.3 Å². The van der Waals surface area contributed by atoms with E-state index in [0.29, 0.717) is 41.2 Å². The SMILES string of the molecule is CC(=C1\CCCN(C2=CC=C(c3cnn(CC45CC67C[C@@](C)(C4)CC6(OCCNCCCCO)C[C@@]7(C)C5)c3C)C(=C(O)O)N2)C1=N)/C(N)=N\c1nc2ccccc2s1. The predicted octanol–water partition coefficient (Wildman–Crippen LogP) is 7.49.